The number of fused-ring (bicyclic) bond motifs is 2. The number of ether oxygens (including phenoxy) is 1. The fourth-order valence-corrected chi connectivity index (χ4v) is 6.01. The molecular weight excluding hydrogens is 496 g/mol. The third-order valence-electron chi connectivity index (χ3n) is 8.34. The van der Waals surface area contributed by atoms with Gasteiger partial charge in [0, 0.05) is 42.4 Å². The zero-order valence-electron chi connectivity index (χ0n) is 22.6. The van der Waals surface area contributed by atoms with E-state index in [4.69, 9.17) is 9.15 Å². The molecule has 0 radical (unpaired) electrons. The molecule has 3 atom stereocenters. The van der Waals surface area contributed by atoms with Crippen LogP contribution < -0.4 is 15.7 Å². The zero-order chi connectivity index (χ0) is 27.6. The Hall–Kier alpha value is -3.65. The zero-order valence-corrected chi connectivity index (χ0v) is 22.6. The van der Waals surface area contributed by atoms with Crippen LogP contribution in [0.15, 0.2) is 57.7 Å². The molecule has 2 aliphatic rings. The number of rotatable bonds is 7. The fourth-order valence-electron chi connectivity index (χ4n) is 6.01. The number of aliphatic hydroxyl groups is 1. The molecule has 39 heavy (non-hydrogen) atoms. The molecule has 1 aromatic heterocycles. The van der Waals surface area contributed by atoms with Crippen LogP contribution in [0.5, 0.6) is 5.75 Å². The minimum Gasteiger partial charge on any atom is -0.484 e. The van der Waals surface area contributed by atoms with Gasteiger partial charge in [-0.05, 0) is 56.4 Å². The van der Waals surface area contributed by atoms with Crippen LogP contribution in [0, 0.1) is 12.8 Å². The van der Waals surface area contributed by atoms with Crippen molar-refractivity contribution in [2.75, 3.05) is 19.7 Å². The summed E-state index contributed by atoms with van der Waals surface area (Å²) in [7, 11) is 0. The third kappa shape index (κ3) is 5.86. The number of aryl methyl sites for hydroxylation is 1. The van der Waals surface area contributed by atoms with Crippen LogP contribution in [0.1, 0.15) is 55.7 Å². The summed E-state index contributed by atoms with van der Waals surface area (Å²) in [6.45, 7) is 4.32. The molecule has 1 aliphatic carbocycles. The summed E-state index contributed by atoms with van der Waals surface area (Å²) in [5.41, 5.74) is 1.84. The molecule has 2 fully saturated rings. The highest BCUT2D eigenvalue weighted by Crippen LogP contribution is 2.39. The molecular formula is C31H36N2O6. The maximum atomic E-state index is 13.0. The van der Waals surface area contributed by atoms with Crippen LogP contribution in [0.2, 0.25) is 0 Å². The van der Waals surface area contributed by atoms with E-state index in [1.54, 1.807) is 24.0 Å². The van der Waals surface area contributed by atoms with Crippen LogP contribution in [0.3, 0.4) is 0 Å². The predicted molar refractivity (Wildman–Crippen MR) is 148 cm³/mol. The lowest BCUT2D eigenvalue weighted by Crippen LogP contribution is -2.57. The molecule has 3 unspecified atom stereocenters. The molecule has 0 spiro atoms. The molecule has 0 bridgehead atoms. The van der Waals surface area contributed by atoms with Crippen molar-refractivity contribution in [1.29, 1.82) is 0 Å². The first-order valence-electron chi connectivity index (χ1n) is 13.8. The number of nitrogens with one attached hydrogen (secondary N) is 1. The van der Waals surface area contributed by atoms with Gasteiger partial charge in [-0.1, -0.05) is 43.2 Å². The summed E-state index contributed by atoms with van der Waals surface area (Å²) in [6.07, 6.45) is 4.90. The summed E-state index contributed by atoms with van der Waals surface area (Å²) in [5.74, 6) is -0.0768. The van der Waals surface area contributed by atoms with Gasteiger partial charge in [0.1, 0.15) is 17.4 Å². The van der Waals surface area contributed by atoms with E-state index >= 15 is 0 Å². The Morgan fingerprint density at radius 1 is 1.18 bits per heavy atom. The number of nitrogens with zero attached hydrogens (tertiary/aromatic N) is 1. The van der Waals surface area contributed by atoms with Gasteiger partial charge in [-0.2, -0.15) is 0 Å². The molecule has 2 aromatic carbocycles. The average molecular weight is 533 g/mol. The number of carbonyl (C=O) groups is 2. The Morgan fingerprint density at radius 3 is 2.77 bits per heavy atom. The van der Waals surface area contributed by atoms with Crippen molar-refractivity contribution in [3.8, 4) is 5.75 Å². The number of piperidine rings is 1. The lowest BCUT2D eigenvalue weighted by molar-refractivity contribution is -0.146. The first-order valence-corrected chi connectivity index (χ1v) is 13.8. The maximum Gasteiger partial charge on any atom is 0.340 e. The summed E-state index contributed by atoms with van der Waals surface area (Å²) in [6, 6.07) is 14.2. The predicted octanol–water partition coefficient (Wildman–Crippen LogP) is 3.73. The number of hydrogen-bond donors (Lipinski definition) is 2. The molecule has 2 amide bonds. The quantitative estimate of drug-likeness (QED) is 0.449. The average Bonchev–Trinajstić information content (AvgIpc) is 2.93. The molecule has 3 aromatic rings. The van der Waals surface area contributed by atoms with E-state index in [0.717, 1.165) is 42.2 Å². The second-order valence-electron chi connectivity index (χ2n) is 11.0. The van der Waals surface area contributed by atoms with E-state index in [2.05, 4.69) is 5.32 Å². The molecule has 2 heterocycles. The maximum absolute atomic E-state index is 13.0. The molecule has 1 saturated carbocycles. The highest BCUT2D eigenvalue weighted by atomic mass is 16.5. The van der Waals surface area contributed by atoms with Gasteiger partial charge in [-0.25, -0.2) is 4.79 Å². The highest BCUT2D eigenvalue weighted by Gasteiger charge is 2.44. The van der Waals surface area contributed by atoms with Crippen molar-refractivity contribution in [3.63, 3.8) is 0 Å². The van der Waals surface area contributed by atoms with E-state index in [0.29, 0.717) is 42.8 Å². The minimum atomic E-state index is -0.698. The van der Waals surface area contributed by atoms with Crippen molar-refractivity contribution in [2.45, 2.75) is 64.0 Å². The molecule has 1 saturated heterocycles. The van der Waals surface area contributed by atoms with Gasteiger partial charge < -0.3 is 24.5 Å². The van der Waals surface area contributed by atoms with Crippen LogP contribution in [-0.2, 0) is 16.0 Å². The van der Waals surface area contributed by atoms with E-state index in [1.807, 2.05) is 43.3 Å². The van der Waals surface area contributed by atoms with Crippen LogP contribution in [-0.4, -0.2) is 53.2 Å². The summed E-state index contributed by atoms with van der Waals surface area (Å²) < 4.78 is 11.3. The largest absolute Gasteiger partial charge is 0.484 e. The van der Waals surface area contributed by atoms with Gasteiger partial charge in [-0.3, -0.25) is 9.59 Å². The SMILES string of the molecule is Cc1c(Cc2ccccc2)c(=O)oc2cc(OCC(=O)NC(C)C(=O)N3CCC4(O)CCCCC4C3)ccc12. The molecule has 8 nitrogen and oxygen atoms in total. The summed E-state index contributed by atoms with van der Waals surface area (Å²) in [4.78, 5) is 40.0. The van der Waals surface area contributed by atoms with Crippen LogP contribution in [0.25, 0.3) is 11.0 Å². The Bertz CT molecular complexity index is 1420. The Labute approximate surface area is 228 Å². The van der Waals surface area contributed by atoms with Gasteiger partial charge in [0.2, 0.25) is 5.91 Å². The molecule has 2 N–H and O–H groups in total. The topological polar surface area (TPSA) is 109 Å². The second kappa shape index (κ2) is 11.2. The standard InChI is InChI=1S/C31H36N2O6/c1-20-25-12-11-24(17-27(25)39-30(36)26(20)16-22-8-4-3-5-9-22)38-19-28(34)32-21(2)29(35)33-15-14-31(37)13-7-6-10-23(31)18-33/h3-5,8-9,11-12,17,21,23,37H,6-7,10,13-16,18-19H2,1-2H3,(H,32,34). The molecule has 8 heteroatoms. The van der Waals surface area contributed by atoms with E-state index in [1.165, 1.54) is 0 Å². The third-order valence-corrected chi connectivity index (χ3v) is 8.34. The monoisotopic (exact) mass is 532 g/mol. The van der Waals surface area contributed by atoms with Crippen molar-refractivity contribution in [3.05, 3.63) is 75.6 Å². The van der Waals surface area contributed by atoms with Gasteiger partial charge in [0.15, 0.2) is 6.61 Å². The fraction of sp³-hybridized carbons (Fsp3) is 0.452. The van der Waals surface area contributed by atoms with Gasteiger partial charge in [0.25, 0.3) is 5.91 Å². The van der Waals surface area contributed by atoms with Gasteiger partial charge in [-0.15, -0.1) is 0 Å². The number of hydrogen-bond acceptors (Lipinski definition) is 6. The molecule has 1 aliphatic heterocycles. The number of carbonyl (C=O) groups excluding carboxylic acids is 2. The Morgan fingerprint density at radius 2 is 1.97 bits per heavy atom. The van der Waals surface area contributed by atoms with E-state index in [-0.39, 0.29) is 18.4 Å². The number of benzene rings is 2. The second-order valence-corrected chi connectivity index (χ2v) is 11.0. The Kier molecular flexibility index (Phi) is 7.75. The smallest absolute Gasteiger partial charge is 0.340 e. The van der Waals surface area contributed by atoms with E-state index in [9.17, 15) is 19.5 Å². The van der Waals surface area contributed by atoms with Crippen molar-refractivity contribution < 1.29 is 23.8 Å². The van der Waals surface area contributed by atoms with Gasteiger partial charge in [0.05, 0.1) is 5.60 Å². The van der Waals surface area contributed by atoms with Crippen LogP contribution >= 0.6 is 0 Å². The number of amides is 2. The minimum absolute atomic E-state index is 0.0983. The van der Waals surface area contributed by atoms with Crippen molar-refractivity contribution >= 4 is 22.8 Å². The normalized spacial score (nSPS) is 21.7. The first kappa shape index (κ1) is 26.9. The first-order chi connectivity index (χ1) is 18.7. The Balaban J connectivity index is 1.18. The summed E-state index contributed by atoms with van der Waals surface area (Å²) in [5, 5.41) is 14.4. The molecule has 5 rings (SSSR count). The lowest BCUT2D eigenvalue weighted by atomic mass is 9.71. The molecule has 206 valence electrons. The van der Waals surface area contributed by atoms with Crippen molar-refractivity contribution in [1.82, 2.24) is 10.2 Å². The summed E-state index contributed by atoms with van der Waals surface area (Å²) >= 11 is 0. The van der Waals surface area contributed by atoms with Gasteiger partial charge >= 0.3 is 5.63 Å². The highest BCUT2D eigenvalue weighted by molar-refractivity contribution is 5.88. The number of likely N-dealkylation sites (tertiary alicyclic amines) is 1. The lowest BCUT2D eigenvalue weighted by Gasteiger charge is -2.47. The van der Waals surface area contributed by atoms with Crippen molar-refractivity contribution in [2.24, 2.45) is 5.92 Å². The van der Waals surface area contributed by atoms with E-state index < -0.39 is 23.2 Å². The van der Waals surface area contributed by atoms with Crippen LogP contribution in [0.4, 0.5) is 0 Å².